The fourth-order valence-electron chi connectivity index (χ4n) is 3.59. The van der Waals surface area contributed by atoms with Gasteiger partial charge in [0.15, 0.2) is 0 Å². The summed E-state index contributed by atoms with van der Waals surface area (Å²) in [5.41, 5.74) is -3.79. The first-order valence-corrected chi connectivity index (χ1v) is 12.9. The summed E-state index contributed by atoms with van der Waals surface area (Å²) in [5.74, 6) is -1.15. The first-order valence-electron chi connectivity index (χ1n) is 11.1. The number of sulfonamides is 1. The molecule has 3 aromatic rings. The Hall–Kier alpha value is -3.65. The summed E-state index contributed by atoms with van der Waals surface area (Å²) in [7, 11) is -2.09. The number of amides is 1. The van der Waals surface area contributed by atoms with E-state index in [0.29, 0.717) is 22.0 Å². The van der Waals surface area contributed by atoms with E-state index in [9.17, 15) is 39.6 Å². The van der Waals surface area contributed by atoms with Gasteiger partial charge in [-0.25, -0.2) is 8.42 Å². The highest BCUT2D eigenvalue weighted by Gasteiger charge is 2.37. The van der Waals surface area contributed by atoms with Crippen LogP contribution >= 0.6 is 11.6 Å². The van der Waals surface area contributed by atoms with E-state index >= 15 is 0 Å². The van der Waals surface area contributed by atoms with Gasteiger partial charge in [0.1, 0.15) is 22.9 Å². The number of aryl methyl sites for hydroxylation is 1. The van der Waals surface area contributed by atoms with E-state index in [0.717, 1.165) is 0 Å². The third-order valence-corrected chi connectivity index (χ3v) is 7.56. The van der Waals surface area contributed by atoms with E-state index in [1.54, 1.807) is 13.0 Å². The van der Waals surface area contributed by atoms with Gasteiger partial charge in [-0.2, -0.15) is 26.3 Å². The van der Waals surface area contributed by atoms with Crippen LogP contribution in [-0.2, 0) is 27.2 Å². The van der Waals surface area contributed by atoms with Crippen LogP contribution in [0.5, 0.6) is 11.5 Å². The molecule has 1 N–H and O–H groups in total. The fourth-order valence-corrected chi connectivity index (χ4v) is 5.50. The second kappa shape index (κ2) is 11.5. The van der Waals surface area contributed by atoms with Crippen LogP contribution in [0.3, 0.4) is 0 Å². The van der Waals surface area contributed by atoms with Gasteiger partial charge in [0.25, 0.3) is 10.0 Å². The molecule has 0 aromatic heterocycles. The largest absolute Gasteiger partial charge is 0.495 e. The fraction of sp³-hybridized carbons (Fsp3) is 0.240. The monoisotopic (exact) mass is 610 g/mol. The molecule has 0 radical (unpaired) electrons. The number of rotatable bonds is 8. The topological polar surface area (TPSA) is 84.9 Å². The van der Waals surface area contributed by atoms with Crippen LogP contribution in [0.1, 0.15) is 16.7 Å². The van der Waals surface area contributed by atoms with E-state index in [4.69, 9.17) is 21.1 Å². The van der Waals surface area contributed by atoms with Crippen LogP contribution in [-0.4, -0.2) is 35.1 Å². The van der Waals surface area contributed by atoms with Crippen LogP contribution in [0, 0.1) is 6.92 Å². The first-order chi connectivity index (χ1) is 18.5. The molecule has 0 spiro atoms. The minimum atomic E-state index is -5.16. The predicted octanol–water partition coefficient (Wildman–Crippen LogP) is 6.54. The lowest BCUT2D eigenvalue weighted by Gasteiger charge is -2.25. The molecule has 7 nitrogen and oxygen atoms in total. The molecule has 0 atom stereocenters. The van der Waals surface area contributed by atoms with Crippen molar-refractivity contribution in [2.75, 3.05) is 30.4 Å². The van der Waals surface area contributed by atoms with Gasteiger partial charge in [-0.3, -0.25) is 9.10 Å². The Kier molecular flexibility index (Phi) is 8.84. The summed E-state index contributed by atoms with van der Waals surface area (Å²) in [6.07, 6.45) is -10.3. The lowest BCUT2D eigenvalue weighted by Crippen LogP contribution is -2.38. The van der Waals surface area contributed by atoms with Crippen molar-refractivity contribution in [3.8, 4) is 11.5 Å². The number of anilines is 2. The molecule has 1 amide bonds. The van der Waals surface area contributed by atoms with Crippen molar-refractivity contribution in [2.45, 2.75) is 24.2 Å². The van der Waals surface area contributed by atoms with Gasteiger partial charge < -0.3 is 14.8 Å². The lowest BCUT2D eigenvalue weighted by molar-refractivity contribution is -0.143. The summed E-state index contributed by atoms with van der Waals surface area (Å²) in [6, 6.07) is 8.47. The molecule has 15 heteroatoms. The Morgan fingerprint density at radius 3 is 1.93 bits per heavy atom. The molecule has 0 heterocycles. The Morgan fingerprint density at radius 1 is 0.875 bits per heavy atom. The summed E-state index contributed by atoms with van der Waals surface area (Å²) in [6.45, 7) is 0.547. The van der Waals surface area contributed by atoms with Gasteiger partial charge in [-0.05, 0) is 61.0 Å². The van der Waals surface area contributed by atoms with Crippen molar-refractivity contribution < 1.29 is 49.0 Å². The highest BCUT2D eigenvalue weighted by molar-refractivity contribution is 7.93. The number of nitrogens with one attached hydrogen (secondary N) is 1. The summed E-state index contributed by atoms with van der Waals surface area (Å²) < 4.78 is 118. The average Bonchev–Trinajstić information content (AvgIpc) is 2.86. The highest BCUT2D eigenvalue weighted by atomic mass is 35.5. The second-order valence-corrected chi connectivity index (χ2v) is 10.6. The molecule has 0 aliphatic heterocycles. The molecule has 0 saturated heterocycles. The van der Waals surface area contributed by atoms with E-state index in [2.05, 4.69) is 0 Å². The van der Waals surface area contributed by atoms with Crippen molar-refractivity contribution in [1.82, 2.24) is 0 Å². The quantitative estimate of drug-likeness (QED) is 0.293. The molecule has 0 unspecified atom stereocenters. The number of carbonyl (C=O) groups is 1. The minimum absolute atomic E-state index is 0.0375. The number of ether oxygens (including phenoxy) is 2. The molecule has 40 heavy (non-hydrogen) atoms. The van der Waals surface area contributed by atoms with Gasteiger partial charge >= 0.3 is 12.4 Å². The number of carbonyl (C=O) groups excluding carboxylic acids is 1. The average molecular weight is 611 g/mol. The maximum absolute atomic E-state index is 13.8. The molecule has 3 rings (SSSR count). The van der Waals surface area contributed by atoms with E-state index in [-0.39, 0.29) is 33.2 Å². The zero-order chi connectivity index (χ0) is 30.0. The van der Waals surface area contributed by atoms with Gasteiger partial charge in [-0.1, -0.05) is 17.7 Å². The van der Waals surface area contributed by atoms with Crippen molar-refractivity contribution in [3.63, 3.8) is 0 Å². The van der Waals surface area contributed by atoms with E-state index < -0.39 is 51.6 Å². The normalized spacial score (nSPS) is 12.2. The standard InChI is InChI=1S/C25H21ClF6N2O5S/c1-14-4-6-21(39-3)22(8-14)40(36,37)34(18-5-7-20(38-2)19(26)12-18)13-23(35)33-17-10-15(24(27,28)29)9-16(11-17)25(30,31)32/h4-12H,13H2,1-3H3,(H,33,35). The lowest BCUT2D eigenvalue weighted by atomic mass is 10.1. The predicted molar refractivity (Wildman–Crippen MR) is 135 cm³/mol. The minimum Gasteiger partial charge on any atom is -0.495 e. The number of hydrogen-bond donors (Lipinski definition) is 1. The summed E-state index contributed by atoms with van der Waals surface area (Å²) >= 11 is 6.16. The Balaban J connectivity index is 2.09. The molecule has 0 fully saturated rings. The number of hydrogen-bond acceptors (Lipinski definition) is 5. The van der Waals surface area contributed by atoms with Crippen molar-refractivity contribution in [1.29, 1.82) is 0 Å². The van der Waals surface area contributed by atoms with Crippen LogP contribution in [0.15, 0.2) is 59.5 Å². The maximum Gasteiger partial charge on any atom is 0.416 e. The summed E-state index contributed by atoms with van der Waals surface area (Å²) in [4.78, 5) is 12.6. The zero-order valence-corrected chi connectivity index (χ0v) is 22.5. The second-order valence-electron chi connectivity index (χ2n) is 8.33. The molecule has 0 bridgehead atoms. The molecule has 216 valence electrons. The highest BCUT2D eigenvalue weighted by Crippen LogP contribution is 2.38. The van der Waals surface area contributed by atoms with Crippen molar-refractivity contribution in [2.24, 2.45) is 0 Å². The Morgan fingerprint density at radius 2 is 1.43 bits per heavy atom. The molecular weight excluding hydrogens is 590 g/mol. The van der Waals surface area contributed by atoms with Gasteiger partial charge in [0.05, 0.1) is 36.1 Å². The SMILES string of the molecule is COc1ccc(N(CC(=O)Nc2cc(C(F)(F)F)cc(C(F)(F)F)c2)S(=O)(=O)c2cc(C)ccc2OC)cc1Cl. The van der Waals surface area contributed by atoms with Gasteiger partial charge in [-0.15, -0.1) is 0 Å². The van der Waals surface area contributed by atoms with Gasteiger partial charge in [0.2, 0.25) is 5.91 Å². The van der Waals surface area contributed by atoms with Crippen LogP contribution in [0.2, 0.25) is 5.02 Å². The number of benzene rings is 3. The van der Waals surface area contributed by atoms with Gasteiger partial charge in [0, 0.05) is 5.69 Å². The van der Waals surface area contributed by atoms with Crippen LogP contribution in [0.4, 0.5) is 37.7 Å². The molecular formula is C25H21ClF6N2O5S. The van der Waals surface area contributed by atoms with E-state index in [1.165, 1.54) is 44.6 Å². The molecule has 0 saturated carbocycles. The maximum atomic E-state index is 13.8. The Bertz CT molecular complexity index is 1490. The molecule has 3 aromatic carbocycles. The number of nitrogens with zero attached hydrogens (tertiary/aromatic N) is 1. The zero-order valence-electron chi connectivity index (χ0n) is 20.9. The van der Waals surface area contributed by atoms with Crippen LogP contribution < -0.4 is 19.1 Å². The smallest absolute Gasteiger partial charge is 0.416 e. The molecule has 0 aliphatic carbocycles. The number of alkyl halides is 6. The Labute approximate surface area is 230 Å². The number of halogens is 7. The number of methoxy groups -OCH3 is 2. The van der Waals surface area contributed by atoms with Crippen molar-refractivity contribution >= 4 is 38.9 Å². The summed E-state index contributed by atoms with van der Waals surface area (Å²) in [5, 5.41) is 1.90. The first kappa shape index (κ1) is 30.9. The molecule has 0 aliphatic rings. The van der Waals surface area contributed by atoms with E-state index in [1.807, 2.05) is 5.32 Å². The third kappa shape index (κ3) is 6.91. The third-order valence-electron chi connectivity index (χ3n) is 5.47. The van der Waals surface area contributed by atoms with Crippen LogP contribution in [0.25, 0.3) is 0 Å². The van der Waals surface area contributed by atoms with Crippen molar-refractivity contribution in [3.05, 3.63) is 76.3 Å².